The number of esters is 2. The predicted octanol–water partition coefficient (Wildman–Crippen LogP) is -0.0345. The number of ether oxygens (including phenoxy) is 2. The van der Waals surface area contributed by atoms with Crippen molar-refractivity contribution >= 4 is 11.9 Å². The Kier molecular flexibility index (Phi) is 5.15. The highest BCUT2D eigenvalue weighted by Gasteiger charge is 2.32. The predicted molar refractivity (Wildman–Crippen MR) is 48.4 cm³/mol. The summed E-state index contributed by atoms with van der Waals surface area (Å²) in [5, 5.41) is 9.59. The first kappa shape index (κ1) is 12.9. The maximum Gasteiger partial charge on any atom is 0.311 e. The summed E-state index contributed by atoms with van der Waals surface area (Å²) in [6.45, 7) is 2.99. The van der Waals surface area contributed by atoms with Crippen molar-refractivity contribution in [2.75, 3.05) is 14.2 Å². The van der Waals surface area contributed by atoms with Gasteiger partial charge in [-0.1, -0.05) is 0 Å². The lowest BCUT2D eigenvalue weighted by Gasteiger charge is -2.20. The highest BCUT2D eigenvalue weighted by Crippen LogP contribution is 2.15. The number of carbonyl (C=O) groups is 2. The monoisotopic (exact) mass is 204 g/mol. The fourth-order valence-electron chi connectivity index (χ4n) is 1.08. The summed E-state index contributed by atoms with van der Waals surface area (Å²) < 4.78 is 8.89. The van der Waals surface area contributed by atoms with Crippen LogP contribution in [0.2, 0.25) is 0 Å². The maximum absolute atomic E-state index is 11.0. The second-order valence-corrected chi connectivity index (χ2v) is 3.11. The third-order valence-electron chi connectivity index (χ3n) is 2.17. The molecule has 0 saturated heterocycles. The van der Waals surface area contributed by atoms with Crippen LogP contribution < -0.4 is 0 Å². The van der Waals surface area contributed by atoms with E-state index in [1.807, 2.05) is 0 Å². The summed E-state index contributed by atoms with van der Waals surface area (Å²) in [5.74, 6) is -2.58. The van der Waals surface area contributed by atoms with E-state index in [1.165, 1.54) is 28.1 Å². The molecule has 0 fully saturated rings. The van der Waals surface area contributed by atoms with Crippen molar-refractivity contribution in [3.63, 3.8) is 0 Å². The van der Waals surface area contributed by atoms with Crippen molar-refractivity contribution in [3.8, 4) is 0 Å². The molecule has 82 valence electrons. The molecule has 0 aliphatic carbocycles. The van der Waals surface area contributed by atoms with Crippen LogP contribution in [-0.4, -0.2) is 37.4 Å². The Labute approximate surface area is 83.0 Å². The maximum atomic E-state index is 11.0. The normalized spacial score (nSPS) is 16.6. The first-order valence-electron chi connectivity index (χ1n) is 4.29. The van der Waals surface area contributed by atoms with E-state index in [1.54, 1.807) is 0 Å². The van der Waals surface area contributed by atoms with Gasteiger partial charge in [0, 0.05) is 0 Å². The van der Waals surface area contributed by atoms with Gasteiger partial charge < -0.3 is 14.6 Å². The summed E-state index contributed by atoms with van der Waals surface area (Å²) in [4.78, 5) is 22.1. The first-order valence-corrected chi connectivity index (χ1v) is 4.29. The van der Waals surface area contributed by atoms with Crippen LogP contribution in [0.3, 0.4) is 0 Å². The Bertz CT molecular complexity index is 191. The summed E-state index contributed by atoms with van der Waals surface area (Å²) in [7, 11) is 2.46. The van der Waals surface area contributed by atoms with Crippen molar-refractivity contribution in [1.29, 1.82) is 0 Å². The standard InChI is InChI=1S/C9H16O5/c1-5(8(11)13-3)7(10)6(2)9(12)14-4/h5-7,10H,1-4H3/t5-,6+,7?. The van der Waals surface area contributed by atoms with E-state index in [0.717, 1.165) is 0 Å². The zero-order valence-electron chi connectivity index (χ0n) is 8.81. The molecule has 0 saturated carbocycles. The molecule has 0 aliphatic rings. The van der Waals surface area contributed by atoms with Crippen molar-refractivity contribution in [3.05, 3.63) is 0 Å². The quantitative estimate of drug-likeness (QED) is 0.651. The number of hydrogen-bond donors (Lipinski definition) is 1. The van der Waals surface area contributed by atoms with Crippen LogP contribution >= 0.6 is 0 Å². The lowest BCUT2D eigenvalue weighted by atomic mass is 9.93. The number of rotatable bonds is 4. The minimum absolute atomic E-state index is 0.548. The van der Waals surface area contributed by atoms with Gasteiger partial charge in [0.1, 0.15) is 0 Å². The van der Waals surface area contributed by atoms with E-state index in [4.69, 9.17) is 0 Å². The molecule has 14 heavy (non-hydrogen) atoms. The minimum atomic E-state index is -1.09. The van der Waals surface area contributed by atoms with Gasteiger partial charge in [-0.3, -0.25) is 9.59 Å². The molecule has 0 aromatic rings. The molecule has 0 aliphatic heterocycles. The van der Waals surface area contributed by atoms with Crippen molar-refractivity contribution in [2.45, 2.75) is 20.0 Å². The zero-order chi connectivity index (χ0) is 11.3. The Balaban J connectivity index is 4.37. The van der Waals surface area contributed by atoms with Gasteiger partial charge in [-0.25, -0.2) is 0 Å². The van der Waals surface area contributed by atoms with E-state index in [-0.39, 0.29) is 0 Å². The van der Waals surface area contributed by atoms with Gasteiger partial charge in [0.2, 0.25) is 0 Å². The molecular weight excluding hydrogens is 188 g/mol. The third kappa shape index (κ3) is 2.99. The first-order chi connectivity index (χ1) is 6.45. The number of hydrogen-bond acceptors (Lipinski definition) is 5. The highest BCUT2D eigenvalue weighted by molar-refractivity contribution is 5.76. The Morgan fingerprint density at radius 2 is 1.29 bits per heavy atom. The molecule has 0 aromatic heterocycles. The summed E-state index contributed by atoms with van der Waals surface area (Å²) in [5.41, 5.74) is 0. The van der Waals surface area contributed by atoms with Crippen molar-refractivity contribution in [2.24, 2.45) is 11.8 Å². The number of aliphatic hydroxyl groups is 1. The third-order valence-corrected chi connectivity index (χ3v) is 2.17. The zero-order valence-corrected chi connectivity index (χ0v) is 8.81. The molecule has 3 atom stereocenters. The molecule has 0 spiro atoms. The van der Waals surface area contributed by atoms with Crippen LogP contribution in [-0.2, 0) is 19.1 Å². The largest absolute Gasteiger partial charge is 0.469 e. The molecule has 5 nitrogen and oxygen atoms in total. The molecule has 0 heterocycles. The van der Waals surface area contributed by atoms with Gasteiger partial charge in [-0.15, -0.1) is 0 Å². The second-order valence-electron chi connectivity index (χ2n) is 3.11. The Morgan fingerprint density at radius 3 is 1.50 bits per heavy atom. The number of carbonyl (C=O) groups excluding carboxylic acids is 2. The van der Waals surface area contributed by atoms with Crippen LogP contribution in [0.1, 0.15) is 13.8 Å². The van der Waals surface area contributed by atoms with Crippen molar-refractivity contribution in [1.82, 2.24) is 0 Å². The second kappa shape index (κ2) is 5.59. The molecule has 0 amide bonds. The Hall–Kier alpha value is -1.10. The van der Waals surface area contributed by atoms with Crippen LogP contribution in [0.15, 0.2) is 0 Å². The van der Waals surface area contributed by atoms with E-state index in [0.29, 0.717) is 0 Å². The van der Waals surface area contributed by atoms with Crippen LogP contribution in [0.25, 0.3) is 0 Å². The van der Waals surface area contributed by atoms with E-state index < -0.39 is 29.9 Å². The minimum Gasteiger partial charge on any atom is -0.469 e. The van der Waals surface area contributed by atoms with E-state index in [9.17, 15) is 14.7 Å². The molecule has 0 aromatic carbocycles. The Morgan fingerprint density at radius 1 is 1.00 bits per heavy atom. The summed E-state index contributed by atoms with van der Waals surface area (Å²) in [6.07, 6.45) is -1.09. The fourth-order valence-corrected chi connectivity index (χ4v) is 1.08. The van der Waals surface area contributed by atoms with Crippen LogP contribution in [0.5, 0.6) is 0 Å². The molecule has 0 radical (unpaired) electrons. The van der Waals surface area contributed by atoms with Gasteiger partial charge in [0.25, 0.3) is 0 Å². The van der Waals surface area contributed by atoms with Gasteiger partial charge in [-0.2, -0.15) is 0 Å². The molecule has 5 heteroatoms. The van der Waals surface area contributed by atoms with E-state index in [2.05, 4.69) is 9.47 Å². The molecular formula is C9H16O5. The fraction of sp³-hybridized carbons (Fsp3) is 0.778. The molecule has 0 bridgehead atoms. The lowest BCUT2D eigenvalue weighted by molar-refractivity contribution is -0.156. The average molecular weight is 204 g/mol. The van der Waals surface area contributed by atoms with Crippen LogP contribution in [0.4, 0.5) is 0 Å². The van der Waals surface area contributed by atoms with Crippen molar-refractivity contribution < 1.29 is 24.2 Å². The summed E-state index contributed by atoms with van der Waals surface area (Å²) >= 11 is 0. The topological polar surface area (TPSA) is 72.8 Å². The SMILES string of the molecule is COC(=O)[C@@H](C)C(O)[C@@H](C)C(=O)OC. The van der Waals surface area contributed by atoms with Gasteiger partial charge in [0.05, 0.1) is 32.2 Å². The van der Waals surface area contributed by atoms with Gasteiger partial charge in [0.15, 0.2) is 0 Å². The summed E-state index contributed by atoms with van der Waals surface area (Å²) in [6, 6.07) is 0. The number of methoxy groups -OCH3 is 2. The lowest BCUT2D eigenvalue weighted by Crippen LogP contribution is -2.36. The highest BCUT2D eigenvalue weighted by atomic mass is 16.5. The molecule has 1 unspecified atom stereocenters. The average Bonchev–Trinajstić information content (AvgIpc) is 2.23. The van der Waals surface area contributed by atoms with E-state index >= 15 is 0 Å². The van der Waals surface area contributed by atoms with Gasteiger partial charge in [-0.05, 0) is 13.8 Å². The van der Waals surface area contributed by atoms with Gasteiger partial charge >= 0.3 is 11.9 Å². The van der Waals surface area contributed by atoms with Crippen LogP contribution in [0, 0.1) is 11.8 Å². The number of aliphatic hydroxyl groups excluding tert-OH is 1. The molecule has 1 N–H and O–H groups in total. The molecule has 0 rings (SSSR count). The smallest absolute Gasteiger partial charge is 0.311 e.